The number of nitrogens with zero attached hydrogens (tertiary/aromatic N) is 9. The van der Waals surface area contributed by atoms with Crippen LogP contribution >= 0.6 is 9.24 Å². The predicted octanol–water partition coefficient (Wildman–Crippen LogP) is 5.70. The number of aromatic nitrogens is 5. The van der Waals surface area contributed by atoms with Crippen LogP contribution in [0.15, 0.2) is 66.9 Å². The average Bonchev–Trinajstić information content (AvgIpc) is 4.26. The SMILES string of the molecule is C#Cc1c(F)ccc2cccc(-c3ncc4c(N5CC6CCC(C5)N6)nc(OCC56CCC(CNCCC(CCO)OCC7CCN(c8ccc9c(N(C)CCC=O)nn(C)c9c8)CC7)N5CC(=C)C6)nc4c3P)c12.C=O.CNC=O. The minimum absolute atomic E-state index is 0.0122. The summed E-state index contributed by atoms with van der Waals surface area (Å²) in [7, 11) is 8.40. The average molecular weight is 1130 g/mol. The molecular weight excluding hydrogens is 1050 g/mol. The molecule has 6 aromatic rings. The van der Waals surface area contributed by atoms with Crippen molar-refractivity contribution in [1.82, 2.24) is 45.6 Å². The van der Waals surface area contributed by atoms with Crippen molar-refractivity contribution in [3.63, 3.8) is 0 Å². The molecule has 11 rings (SSSR count). The van der Waals surface area contributed by atoms with Crippen molar-refractivity contribution in [2.75, 3.05) is 101 Å². The summed E-state index contributed by atoms with van der Waals surface area (Å²) in [6.45, 7) is 14.4. The number of aldehydes is 1. The van der Waals surface area contributed by atoms with Crippen LogP contribution < -0.4 is 40.7 Å². The number of aryl methyl sites for hydroxylation is 1. The molecule has 6 unspecified atom stereocenters. The van der Waals surface area contributed by atoms with Gasteiger partial charge in [-0.25, -0.2) is 4.39 Å². The number of rotatable bonds is 21. The molecule has 18 nitrogen and oxygen atoms in total. The van der Waals surface area contributed by atoms with E-state index in [0.29, 0.717) is 80.1 Å². The lowest BCUT2D eigenvalue weighted by Gasteiger charge is -2.35. The Balaban J connectivity index is 0.00000127. The molecular formula is C61H78FN12O6P. The highest BCUT2D eigenvalue weighted by molar-refractivity contribution is 7.28. The van der Waals surface area contributed by atoms with E-state index >= 15 is 4.39 Å². The molecule has 8 heterocycles. The first-order valence-corrected chi connectivity index (χ1v) is 28.9. The Morgan fingerprint density at radius 2 is 1.83 bits per heavy atom. The van der Waals surface area contributed by atoms with Crippen LogP contribution in [0.4, 0.5) is 21.7 Å². The maximum Gasteiger partial charge on any atom is 0.319 e. The fourth-order valence-electron chi connectivity index (χ4n) is 12.9. The summed E-state index contributed by atoms with van der Waals surface area (Å²) in [5.41, 5.74) is 5.62. The van der Waals surface area contributed by atoms with Gasteiger partial charge in [-0.1, -0.05) is 42.3 Å². The third kappa shape index (κ3) is 12.9. The molecule has 0 aliphatic carbocycles. The van der Waals surface area contributed by atoms with Gasteiger partial charge >= 0.3 is 6.01 Å². The molecule has 6 atom stereocenters. The number of carbonyl (C=O) groups is 3. The number of halogens is 1. The summed E-state index contributed by atoms with van der Waals surface area (Å²) < 4.78 is 30.5. The van der Waals surface area contributed by atoms with Crippen LogP contribution in [0.1, 0.15) is 69.8 Å². The predicted molar refractivity (Wildman–Crippen MR) is 322 cm³/mol. The third-order valence-corrected chi connectivity index (χ3v) is 17.5. The number of pyridine rings is 1. The van der Waals surface area contributed by atoms with Gasteiger partial charge in [0.2, 0.25) is 6.41 Å². The number of hydrogen-bond donors (Lipinski definition) is 4. The molecule has 5 aliphatic heterocycles. The summed E-state index contributed by atoms with van der Waals surface area (Å²) >= 11 is 0. The molecule has 430 valence electrons. The molecule has 20 heteroatoms. The number of piperidine rings is 1. The van der Waals surface area contributed by atoms with Crippen molar-refractivity contribution in [2.45, 2.75) is 94.0 Å². The molecule has 4 N–H and O–H groups in total. The molecule has 0 radical (unpaired) electrons. The number of terminal acetylenes is 1. The minimum Gasteiger partial charge on any atom is -0.461 e. The number of piperazine rings is 1. The van der Waals surface area contributed by atoms with Gasteiger partial charge in [0.1, 0.15) is 31.3 Å². The fourth-order valence-corrected chi connectivity index (χ4v) is 13.4. The topological polar surface area (TPSA) is 195 Å². The third-order valence-electron chi connectivity index (χ3n) is 17.0. The Labute approximate surface area is 476 Å². The minimum atomic E-state index is -0.439. The second-order valence-corrected chi connectivity index (χ2v) is 22.8. The van der Waals surface area contributed by atoms with Gasteiger partial charge in [0.05, 0.1) is 39.3 Å². The second kappa shape index (κ2) is 27.0. The largest absolute Gasteiger partial charge is 0.461 e. The smallest absolute Gasteiger partial charge is 0.319 e. The Bertz CT molecular complexity index is 3230. The van der Waals surface area contributed by atoms with Crippen molar-refractivity contribution in [1.29, 1.82) is 0 Å². The van der Waals surface area contributed by atoms with Crippen LogP contribution in [-0.4, -0.2) is 170 Å². The molecule has 5 saturated heterocycles. The highest BCUT2D eigenvalue weighted by atomic mass is 31.0. The maximum atomic E-state index is 15.2. The summed E-state index contributed by atoms with van der Waals surface area (Å²) in [5, 5.41) is 28.8. The number of aliphatic hydroxyl groups is 1. The molecule has 1 amide bonds. The molecule has 0 spiro atoms. The molecule has 3 aromatic carbocycles. The van der Waals surface area contributed by atoms with Crippen LogP contribution in [0.25, 0.3) is 43.8 Å². The van der Waals surface area contributed by atoms with E-state index in [0.717, 1.165) is 153 Å². The summed E-state index contributed by atoms with van der Waals surface area (Å²) in [6.07, 6.45) is 18.5. The number of fused-ring (bicyclic) bond motifs is 6. The summed E-state index contributed by atoms with van der Waals surface area (Å²) in [6, 6.07) is 17.0. The first-order chi connectivity index (χ1) is 39.4. The number of benzene rings is 3. The molecule has 0 saturated carbocycles. The summed E-state index contributed by atoms with van der Waals surface area (Å²) in [4.78, 5) is 52.9. The van der Waals surface area contributed by atoms with Crippen molar-refractivity contribution in [2.24, 2.45) is 13.0 Å². The quantitative estimate of drug-likeness (QED) is 0.0225. The first kappa shape index (κ1) is 59.0. The number of hydrogen-bond acceptors (Lipinski definition) is 16. The Morgan fingerprint density at radius 1 is 1.05 bits per heavy atom. The molecule has 5 aliphatic rings. The molecule has 5 fully saturated rings. The van der Waals surface area contributed by atoms with Gasteiger partial charge in [0, 0.05) is 138 Å². The number of nitrogens with one attached hydrogen (secondary N) is 3. The van der Waals surface area contributed by atoms with Gasteiger partial charge in [0.25, 0.3) is 0 Å². The fraction of sp³-hybridized carbons (Fsp3) is 0.492. The molecule has 2 bridgehead atoms. The number of aliphatic hydroxyl groups excluding tert-OH is 1. The van der Waals surface area contributed by atoms with Crippen molar-refractivity contribution < 1.29 is 33.4 Å². The Morgan fingerprint density at radius 3 is 2.56 bits per heavy atom. The van der Waals surface area contributed by atoms with Gasteiger partial charge in [-0.2, -0.15) is 15.1 Å². The van der Waals surface area contributed by atoms with Crippen molar-refractivity contribution in [3.8, 4) is 29.6 Å². The normalized spacial score (nSPS) is 21.0. The Hall–Kier alpha value is -6.65. The van der Waals surface area contributed by atoms with E-state index < -0.39 is 5.82 Å². The lowest BCUT2D eigenvalue weighted by Crippen LogP contribution is -2.51. The number of carbonyl (C=O) groups excluding carboxylic acids is 3. The van der Waals surface area contributed by atoms with Crippen LogP contribution in [0.5, 0.6) is 6.01 Å². The maximum absolute atomic E-state index is 15.2. The van der Waals surface area contributed by atoms with E-state index in [2.05, 4.69) is 70.6 Å². The van der Waals surface area contributed by atoms with Gasteiger partial charge in [-0.15, -0.1) is 15.7 Å². The zero-order valence-electron chi connectivity index (χ0n) is 47.0. The van der Waals surface area contributed by atoms with Gasteiger partial charge in [-0.05, 0) is 99.9 Å². The lowest BCUT2D eigenvalue weighted by atomic mass is 9.94. The highest BCUT2D eigenvalue weighted by Crippen LogP contribution is 2.45. The van der Waals surface area contributed by atoms with E-state index in [-0.39, 0.29) is 23.8 Å². The lowest BCUT2D eigenvalue weighted by molar-refractivity contribution is -0.109. The zero-order valence-corrected chi connectivity index (χ0v) is 48.2. The van der Waals surface area contributed by atoms with E-state index in [9.17, 15) is 9.90 Å². The highest BCUT2D eigenvalue weighted by Gasteiger charge is 2.51. The van der Waals surface area contributed by atoms with Crippen LogP contribution in [-0.2, 0) is 26.2 Å². The standard InChI is InChI=1S/C58H71FN11O4P.C2H5NO.CH2O/c1-5-45-49(59)15-10-39-8-6-9-47(51(39)45)52-54(75)53-48(31-61-52)55(69-33-40-11-12-41(34-69)62-40)64-57(63-53)74-36-58-21-16-43(70(58)32-37(2)29-58)30-60-22-17-44(20-27-72)73-35-38-18-24-68(25-19-38)42-13-14-46-50(28-42)67(4)65-56(46)66(3)23-7-26-71;1-3-2-4;1-2/h1,6,8-10,13-15,26,28,31,38,40-41,43-44,60,62,72H,2,7,11-12,16-25,27,29-30,32-36,75H2,3-4H3;2H,1H3,(H,3,4);1H2. The van der Waals surface area contributed by atoms with E-state index in [1.54, 1.807) is 13.1 Å². The van der Waals surface area contributed by atoms with Gasteiger partial charge in [0.15, 0.2) is 5.82 Å². The second-order valence-electron chi connectivity index (χ2n) is 22.2. The molecule has 3 aromatic heterocycles. The van der Waals surface area contributed by atoms with Crippen LogP contribution in [0, 0.1) is 24.1 Å². The van der Waals surface area contributed by atoms with Crippen molar-refractivity contribution in [3.05, 3.63) is 78.3 Å². The van der Waals surface area contributed by atoms with E-state index in [1.807, 2.05) is 54.9 Å². The van der Waals surface area contributed by atoms with Crippen LogP contribution in [0.2, 0.25) is 0 Å². The van der Waals surface area contributed by atoms with E-state index in [4.69, 9.17) is 45.5 Å². The number of anilines is 3. The monoisotopic (exact) mass is 1120 g/mol. The van der Waals surface area contributed by atoms with Crippen molar-refractivity contribution >= 4 is 83.9 Å². The Kier molecular flexibility index (Phi) is 19.6. The van der Waals surface area contributed by atoms with Gasteiger partial charge in [-0.3, -0.25) is 19.4 Å². The first-order valence-electron chi connectivity index (χ1n) is 28.4. The molecule has 81 heavy (non-hydrogen) atoms. The number of amides is 1. The zero-order chi connectivity index (χ0) is 57.2. The van der Waals surface area contributed by atoms with Gasteiger partial charge < -0.3 is 54.8 Å². The van der Waals surface area contributed by atoms with E-state index in [1.165, 1.54) is 17.3 Å². The van der Waals surface area contributed by atoms with Crippen LogP contribution in [0.3, 0.4) is 0 Å². The summed E-state index contributed by atoms with van der Waals surface area (Å²) in [5.74, 6) is 4.34. The number of ether oxygens (including phenoxy) is 2.